The van der Waals surface area contributed by atoms with Gasteiger partial charge in [0.15, 0.2) is 11.6 Å². The molecule has 0 atom stereocenters. The molecule has 1 heterocycles. The van der Waals surface area contributed by atoms with Gasteiger partial charge in [0.1, 0.15) is 0 Å². The average Bonchev–Trinajstić information content (AvgIpc) is 3.15. The molecule has 0 radical (unpaired) electrons. The molecule has 0 amide bonds. The minimum absolute atomic E-state index is 0.0803. The van der Waals surface area contributed by atoms with Crippen molar-refractivity contribution < 1.29 is 18.0 Å². The maximum atomic E-state index is 13.1. The number of aromatic nitrogens is 4. The van der Waals surface area contributed by atoms with Crippen LogP contribution >= 0.6 is 11.6 Å². The predicted molar refractivity (Wildman–Crippen MR) is 102 cm³/mol. The number of carbonyl (C=O) groups is 1. The van der Waals surface area contributed by atoms with Gasteiger partial charge in [0.2, 0.25) is 0 Å². The van der Waals surface area contributed by atoms with Gasteiger partial charge in [-0.05, 0) is 46.8 Å². The van der Waals surface area contributed by atoms with Gasteiger partial charge in [0, 0.05) is 30.9 Å². The number of nitrogens with zero attached hydrogens (tertiary/aromatic N) is 5. The highest BCUT2D eigenvalue weighted by Gasteiger charge is 2.30. The molecule has 6 nitrogen and oxygen atoms in total. The molecule has 0 N–H and O–H groups in total. The van der Waals surface area contributed by atoms with Crippen molar-refractivity contribution in [2.24, 2.45) is 0 Å². The highest BCUT2D eigenvalue weighted by Crippen LogP contribution is 2.30. The van der Waals surface area contributed by atoms with Crippen molar-refractivity contribution in [1.29, 1.82) is 0 Å². The lowest BCUT2D eigenvalue weighted by atomic mass is 10.0. The third-order valence-electron chi connectivity index (χ3n) is 3.89. The first-order valence-corrected chi connectivity index (χ1v) is 8.69. The van der Waals surface area contributed by atoms with E-state index in [1.54, 1.807) is 43.3 Å². The first-order valence-electron chi connectivity index (χ1n) is 8.31. The van der Waals surface area contributed by atoms with Gasteiger partial charge in [-0.3, -0.25) is 4.79 Å². The summed E-state index contributed by atoms with van der Waals surface area (Å²) in [7, 11) is 3.41. The van der Waals surface area contributed by atoms with Gasteiger partial charge >= 0.3 is 6.18 Å². The number of rotatable bonds is 5. The molecular weight excluding hydrogens is 407 g/mol. The molecular formula is C19H15ClF3N5O. The molecule has 0 fully saturated rings. The fourth-order valence-electron chi connectivity index (χ4n) is 2.55. The fraction of sp³-hybridized carbons (Fsp3) is 0.158. The smallest absolute Gasteiger partial charge is 0.383 e. The number of alkyl halides is 3. The largest absolute Gasteiger partial charge is 0.416 e. The summed E-state index contributed by atoms with van der Waals surface area (Å²) >= 11 is 5.91. The van der Waals surface area contributed by atoms with Crippen molar-refractivity contribution in [2.75, 3.05) is 14.1 Å². The van der Waals surface area contributed by atoms with Crippen molar-refractivity contribution in [3.8, 4) is 5.69 Å². The summed E-state index contributed by atoms with van der Waals surface area (Å²) in [5.74, 6) is -0.372. The molecule has 3 aromatic rings. The molecule has 150 valence electrons. The molecule has 29 heavy (non-hydrogen) atoms. The summed E-state index contributed by atoms with van der Waals surface area (Å²) in [5, 5.41) is 12.0. The lowest BCUT2D eigenvalue weighted by Gasteiger charge is -2.12. The highest BCUT2D eigenvalue weighted by atomic mass is 35.5. The molecule has 0 unspecified atom stereocenters. The van der Waals surface area contributed by atoms with Crippen LogP contribution in [-0.2, 0) is 6.18 Å². The fourth-order valence-corrected chi connectivity index (χ4v) is 2.68. The zero-order valence-corrected chi connectivity index (χ0v) is 16.1. The van der Waals surface area contributed by atoms with Crippen molar-refractivity contribution in [3.63, 3.8) is 0 Å². The van der Waals surface area contributed by atoms with Gasteiger partial charge in [-0.1, -0.05) is 23.7 Å². The first kappa shape index (κ1) is 20.5. The van der Waals surface area contributed by atoms with E-state index < -0.39 is 17.5 Å². The second-order valence-electron chi connectivity index (χ2n) is 6.30. The Morgan fingerprint density at radius 2 is 1.69 bits per heavy atom. The third kappa shape index (κ3) is 4.62. The van der Waals surface area contributed by atoms with E-state index in [-0.39, 0.29) is 17.0 Å². The lowest BCUT2D eigenvalue weighted by molar-refractivity contribution is -0.137. The van der Waals surface area contributed by atoms with Crippen LogP contribution in [0.1, 0.15) is 21.7 Å². The topological polar surface area (TPSA) is 63.9 Å². The van der Waals surface area contributed by atoms with Gasteiger partial charge in [-0.15, -0.1) is 5.10 Å². The number of ketones is 1. The Balaban J connectivity index is 2.03. The number of hydrogen-bond donors (Lipinski definition) is 0. The van der Waals surface area contributed by atoms with Crippen LogP contribution in [0.4, 0.5) is 13.2 Å². The number of allylic oxidation sites excluding steroid dienone is 1. The summed E-state index contributed by atoms with van der Waals surface area (Å²) in [5.41, 5.74) is -0.0658. The van der Waals surface area contributed by atoms with Gasteiger partial charge in [-0.2, -0.15) is 17.9 Å². The maximum absolute atomic E-state index is 13.1. The predicted octanol–water partition coefficient (Wildman–Crippen LogP) is 4.12. The molecule has 1 aromatic heterocycles. The quantitative estimate of drug-likeness (QED) is 0.458. The number of carbonyl (C=O) groups excluding carboxylic acids is 1. The Labute approximate surface area is 169 Å². The summed E-state index contributed by atoms with van der Waals surface area (Å²) in [6.45, 7) is 0. The molecule has 0 aliphatic carbocycles. The van der Waals surface area contributed by atoms with Crippen molar-refractivity contribution in [2.45, 2.75) is 6.18 Å². The van der Waals surface area contributed by atoms with Crippen molar-refractivity contribution in [1.82, 2.24) is 25.1 Å². The minimum atomic E-state index is -4.48. The Morgan fingerprint density at radius 3 is 2.24 bits per heavy atom. The third-order valence-corrected chi connectivity index (χ3v) is 4.14. The second-order valence-corrected chi connectivity index (χ2v) is 6.74. The Morgan fingerprint density at radius 1 is 1.07 bits per heavy atom. The number of tetrazole rings is 1. The first-order chi connectivity index (χ1) is 13.7. The number of Topliss-reactive ketones (excluding diaryl/α,β-unsaturated/α-hetero) is 1. The van der Waals surface area contributed by atoms with E-state index in [1.807, 2.05) is 0 Å². The summed E-state index contributed by atoms with van der Waals surface area (Å²) in [4.78, 5) is 14.7. The van der Waals surface area contributed by atoms with E-state index in [4.69, 9.17) is 11.6 Å². The monoisotopic (exact) mass is 421 g/mol. The second kappa shape index (κ2) is 8.04. The van der Waals surface area contributed by atoms with E-state index in [9.17, 15) is 18.0 Å². The van der Waals surface area contributed by atoms with Gasteiger partial charge in [-0.25, -0.2) is 0 Å². The molecule has 0 saturated heterocycles. The standard InChI is InChI=1S/C19H15ClF3N5O/c1-27(2)11-16(17(29)12-3-5-13(6-4-12)19(21,22)23)18-24-25-26-28(18)15-9-7-14(20)8-10-15/h3-11H,1-2H3/b16-11+. The van der Waals surface area contributed by atoms with Crippen LogP contribution in [0.15, 0.2) is 54.7 Å². The lowest BCUT2D eigenvalue weighted by Crippen LogP contribution is -2.14. The van der Waals surface area contributed by atoms with E-state index in [2.05, 4.69) is 15.5 Å². The molecule has 10 heteroatoms. The zero-order valence-electron chi connectivity index (χ0n) is 15.4. The van der Waals surface area contributed by atoms with Crippen LogP contribution < -0.4 is 0 Å². The maximum Gasteiger partial charge on any atom is 0.416 e. The molecule has 0 spiro atoms. The Bertz CT molecular complexity index is 1040. The molecule has 0 bridgehead atoms. The molecule has 0 aliphatic rings. The van der Waals surface area contributed by atoms with Crippen LogP contribution in [0.5, 0.6) is 0 Å². The van der Waals surface area contributed by atoms with Crippen LogP contribution in [0.25, 0.3) is 11.3 Å². The highest BCUT2D eigenvalue weighted by molar-refractivity contribution is 6.30. The number of halogens is 4. The normalized spacial score (nSPS) is 12.1. The van der Waals surface area contributed by atoms with Gasteiger partial charge < -0.3 is 4.90 Å². The number of benzene rings is 2. The summed E-state index contributed by atoms with van der Waals surface area (Å²) in [6.07, 6.45) is -2.97. The van der Waals surface area contributed by atoms with E-state index >= 15 is 0 Å². The Kier molecular flexibility index (Phi) is 5.69. The molecule has 3 rings (SSSR count). The van der Waals surface area contributed by atoms with Crippen molar-refractivity contribution in [3.05, 3.63) is 76.7 Å². The van der Waals surface area contributed by atoms with Crippen LogP contribution in [0.2, 0.25) is 5.02 Å². The molecule has 2 aromatic carbocycles. The van der Waals surface area contributed by atoms with Gasteiger partial charge in [0.25, 0.3) is 0 Å². The molecule has 0 saturated carbocycles. The molecule has 0 aliphatic heterocycles. The zero-order chi connectivity index (χ0) is 21.2. The summed E-state index contributed by atoms with van der Waals surface area (Å²) < 4.78 is 39.8. The van der Waals surface area contributed by atoms with E-state index in [0.717, 1.165) is 24.3 Å². The van der Waals surface area contributed by atoms with Crippen LogP contribution in [0.3, 0.4) is 0 Å². The average molecular weight is 422 g/mol. The van der Waals surface area contributed by atoms with Gasteiger partial charge in [0.05, 0.1) is 16.8 Å². The van der Waals surface area contributed by atoms with Crippen LogP contribution in [0, 0.1) is 0 Å². The Hall–Kier alpha value is -3.20. The SMILES string of the molecule is CN(C)/C=C(\C(=O)c1ccc(C(F)(F)F)cc1)c1nnnn1-c1ccc(Cl)cc1. The number of hydrogen-bond acceptors (Lipinski definition) is 5. The minimum Gasteiger partial charge on any atom is -0.383 e. The van der Waals surface area contributed by atoms with E-state index in [1.165, 1.54) is 10.9 Å². The summed E-state index contributed by atoms with van der Waals surface area (Å²) in [6, 6.07) is 10.6. The van der Waals surface area contributed by atoms with E-state index in [0.29, 0.717) is 10.7 Å². The van der Waals surface area contributed by atoms with Crippen molar-refractivity contribution >= 4 is 23.0 Å². The van der Waals surface area contributed by atoms with Crippen LogP contribution in [-0.4, -0.2) is 45.0 Å².